The Bertz CT molecular complexity index is 613. The molecule has 0 aromatic carbocycles. The fraction of sp³-hybridized carbons (Fsp3) is 0. The second kappa shape index (κ2) is 4.44. The molecule has 0 aliphatic rings. The van der Waals surface area contributed by atoms with E-state index in [0.717, 1.165) is 6.20 Å². The molecular weight excluding hydrogens is 226 g/mol. The highest BCUT2D eigenvalue weighted by atomic mass is 16.6. The van der Waals surface area contributed by atoms with Crippen molar-refractivity contribution < 1.29 is 9.34 Å². The van der Waals surface area contributed by atoms with Gasteiger partial charge in [0.05, 0.1) is 11.2 Å². The molecule has 1 N–H and O–H groups in total. The lowest BCUT2D eigenvalue weighted by Gasteiger charge is -1.95. The van der Waals surface area contributed by atoms with Gasteiger partial charge >= 0.3 is 11.4 Å². The number of hydrogen-bond acceptors (Lipinski definition) is 5. The van der Waals surface area contributed by atoms with E-state index in [9.17, 15) is 14.9 Å². The fourth-order valence-electron chi connectivity index (χ4n) is 1.22. The van der Waals surface area contributed by atoms with E-state index < -0.39 is 10.6 Å². The lowest BCUT2D eigenvalue weighted by atomic mass is 10.3. The van der Waals surface area contributed by atoms with Crippen molar-refractivity contribution in [3.05, 3.63) is 56.6 Å². The Hall–Kier alpha value is -2.70. The third-order valence-corrected chi connectivity index (χ3v) is 1.98. The van der Waals surface area contributed by atoms with Gasteiger partial charge in [0.15, 0.2) is 0 Å². The van der Waals surface area contributed by atoms with Crippen molar-refractivity contribution in [1.29, 1.82) is 0 Å². The first kappa shape index (κ1) is 10.8. The van der Waals surface area contributed by atoms with Gasteiger partial charge in [-0.3, -0.25) is 10.1 Å². The SMILES string of the molecule is O=c1ncc([N+](=O)[O-])c(C=Cc2ccco2)[nH]1. The summed E-state index contributed by atoms with van der Waals surface area (Å²) in [4.78, 5) is 26.6. The lowest BCUT2D eigenvalue weighted by molar-refractivity contribution is -0.385. The zero-order valence-corrected chi connectivity index (χ0v) is 8.49. The molecule has 0 fully saturated rings. The predicted molar refractivity (Wildman–Crippen MR) is 59.1 cm³/mol. The first-order valence-electron chi connectivity index (χ1n) is 4.62. The first-order chi connectivity index (χ1) is 8.16. The van der Waals surface area contributed by atoms with E-state index in [2.05, 4.69) is 9.97 Å². The third kappa shape index (κ3) is 2.46. The number of nitrogens with one attached hydrogen (secondary N) is 1. The molecule has 2 aromatic heterocycles. The number of rotatable bonds is 3. The molecule has 2 aromatic rings. The average Bonchev–Trinajstić information content (AvgIpc) is 2.78. The minimum absolute atomic E-state index is 0.0754. The second-order valence-corrected chi connectivity index (χ2v) is 3.09. The first-order valence-corrected chi connectivity index (χ1v) is 4.62. The minimum Gasteiger partial charge on any atom is -0.465 e. The van der Waals surface area contributed by atoms with Gasteiger partial charge in [0.25, 0.3) is 0 Å². The topological polar surface area (TPSA) is 102 Å². The van der Waals surface area contributed by atoms with Crippen LogP contribution in [0, 0.1) is 10.1 Å². The van der Waals surface area contributed by atoms with Crippen molar-refractivity contribution in [1.82, 2.24) is 9.97 Å². The Morgan fingerprint density at radius 3 is 2.94 bits per heavy atom. The van der Waals surface area contributed by atoms with E-state index in [4.69, 9.17) is 4.42 Å². The molecule has 0 radical (unpaired) electrons. The Kier molecular flexibility index (Phi) is 2.82. The highest BCUT2D eigenvalue weighted by Gasteiger charge is 2.12. The van der Waals surface area contributed by atoms with Crippen LogP contribution < -0.4 is 5.69 Å². The molecule has 7 nitrogen and oxygen atoms in total. The summed E-state index contributed by atoms with van der Waals surface area (Å²) in [6, 6.07) is 3.37. The third-order valence-electron chi connectivity index (χ3n) is 1.98. The summed E-state index contributed by atoms with van der Waals surface area (Å²) in [5.74, 6) is 0.525. The second-order valence-electron chi connectivity index (χ2n) is 3.09. The molecule has 0 spiro atoms. The highest BCUT2D eigenvalue weighted by molar-refractivity contribution is 5.69. The van der Waals surface area contributed by atoms with Gasteiger partial charge in [-0.2, -0.15) is 4.98 Å². The van der Waals surface area contributed by atoms with Crippen LogP contribution in [0.1, 0.15) is 11.5 Å². The maximum atomic E-state index is 11.0. The van der Waals surface area contributed by atoms with Gasteiger partial charge in [-0.05, 0) is 24.3 Å². The van der Waals surface area contributed by atoms with E-state index in [1.54, 1.807) is 12.1 Å². The molecule has 17 heavy (non-hydrogen) atoms. The van der Waals surface area contributed by atoms with Gasteiger partial charge in [0.1, 0.15) is 17.7 Å². The zero-order chi connectivity index (χ0) is 12.3. The van der Waals surface area contributed by atoms with Crippen LogP contribution in [-0.4, -0.2) is 14.9 Å². The van der Waals surface area contributed by atoms with Crippen LogP contribution in [0.15, 0.2) is 33.8 Å². The van der Waals surface area contributed by atoms with E-state index >= 15 is 0 Å². The van der Waals surface area contributed by atoms with Gasteiger partial charge in [-0.25, -0.2) is 4.79 Å². The van der Waals surface area contributed by atoms with Gasteiger partial charge in [0.2, 0.25) is 0 Å². The lowest BCUT2D eigenvalue weighted by Crippen LogP contribution is -2.12. The Balaban J connectivity index is 2.40. The van der Waals surface area contributed by atoms with Crippen LogP contribution in [-0.2, 0) is 0 Å². The number of hydrogen-bond donors (Lipinski definition) is 1. The molecule has 2 rings (SSSR count). The van der Waals surface area contributed by atoms with Crippen LogP contribution in [0.4, 0.5) is 5.69 Å². The predicted octanol–water partition coefficient (Wildman–Crippen LogP) is 1.44. The van der Waals surface area contributed by atoms with E-state index in [0.29, 0.717) is 5.76 Å². The van der Waals surface area contributed by atoms with Crippen molar-refractivity contribution in [3.63, 3.8) is 0 Å². The standard InChI is InChI=1S/C10H7N3O4/c14-10-11-6-9(13(15)16)8(12-10)4-3-7-2-1-5-17-7/h1-6H,(H,11,12,14). The minimum atomic E-state index is -0.644. The summed E-state index contributed by atoms with van der Waals surface area (Å²) >= 11 is 0. The number of furan rings is 1. The summed E-state index contributed by atoms with van der Waals surface area (Å²) in [6.07, 6.45) is 5.29. The quantitative estimate of drug-likeness (QED) is 0.638. The molecule has 0 atom stereocenters. The molecule has 2 heterocycles. The van der Waals surface area contributed by atoms with Crippen molar-refractivity contribution in [2.45, 2.75) is 0 Å². The van der Waals surface area contributed by atoms with Crippen LogP contribution in [0.5, 0.6) is 0 Å². The number of nitro groups is 1. The number of aromatic amines is 1. The smallest absolute Gasteiger partial charge is 0.345 e. The molecule has 0 saturated heterocycles. The van der Waals surface area contributed by atoms with Crippen molar-refractivity contribution in [2.24, 2.45) is 0 Å². The molecular formula is C10H7N3O4. The maximum Gasteiger partial charge on any atom is 0.345 e. The molecule has 0 bridgehead atoms. The molecule has 0 saturated carbocycles. The van der Waals surface area contributed by atoms with Crippen LogP contribution in [0.2, 0.25) is 0 Å². The summed E-state index contributed by atoms with van der Waals surface area (Å²) in [7, 11) is 0. The average molecular weight is 233 g/mol. The molecule has 0 aliphatic heterocycles. The molecule has 0 unspecified atom stereocenters. The number of aromatic nitrogens is 2. The van der Waals surface area contributed by atoms with Gasteiger partial charge in [-0.15, -0.1) is 0 Å². The van der Waals surface area contributed by atoms with Crippen molar-refractivity contribution >= 4 is 17.8 Å². The Morgan fingerprint density at radius 2 is 2.29 bits per heavy atom. The zero-order valence-electron chi connectivity index (χ0n) is 8.49. The van der Waals surface area contributed by atoms with Gasteiger partial charge < -0.3 is 9.40 Å². The van der Waals surface area contributed by atoms with Gasteiger partial charge in [-0.1, -0.05) is 0 Å². The number of nitrogens with zero attached hydrogens (tertiary/aromatic N) is 2. The molecule has 7 heteroatoms. The Morgan fingerprint density at radius 1 is 1.47 bits per heavy atom. The van der Waals surface area contributed by atoms with E-state index in [1.165, 1.54) is 18.4 Å². The Labute approximate surface area is 94.6 Å². The summed E-state index contributed by atoms with van der Waals surface area (Å²) in [5.41, 5.74) is -0.839. The van der Waals surface area contributed by atoms with Crippen molar-refractivity contribution in [2.75, 3.05) is 0 Å². The van der Waals surface area contributed by atoms with Gasteiger partial charge in [0, 0.05) is 0 Å². The monoisotopic (exact) mass is 233 g/mol. The van der Waals surface area contributed by atoms with Crippen LogP contribution >= 0.6 is 0 Å². The van der Waals surface area contributed by atoms with Crippen molar-refractivity contribution in [3.8, 4) is 0 Å². The fourth-order valence-corrected chi connectivity index (χ4v) is 1.22. The largest absolute Gasteiger partial charge is 0.465 e. The van der Waals surface area contributed by atoms with E-state index in [-0.39, 0.29) is 11.4 Å². The highest BCUT2D eigenvalue weighted by Crippen LogP contribution is 2.15. The number of H-pyrrole nitrogens is 1. The summed E-state index contributed by atoms with van der Waals surface area (Å²) in [5, 5.41) is 10.7. The van der Waals surface area contributed by atoms with Crippen LogP contribution in [0.3, 0.4) is 0 Å². The molecule has 0 amide bonds. The normalized spacial score (nSPS) is 10.8. The van der Waals surface area contributed by atoms with Crippen LogP contribution in [0.25, 0.3) is 12.2 Å². The molecule has 0 aliphatic carbocycles. The summed E-state index contributed by atoms with van der Waals surface area (Å²) < 4.78 is 5.02. The summed E-state index contributed by atoms with van der Waals surface area (Å²) in [6.45, 7) is 0. The maximum absolute atomic E-state index is 11.0. The van der Waals surface area contributed by atoms with E-state index in [1.807, 2.05) is 0 Å². The molecule has 86 valence electrons.